The lowest BCUT2D eigenvalue weighted by Crippen LogP contribution is -2.17. The Morgan fingerprint density at radius 3 is 2.58 bits per heavy atom. The summed E-state index contributed by atoms with van der Waals surface area (Å²) in [5.41, 5.74) is 0.994. The third-order valence-corrected chi connectivity index (χ3v) is 4.78. The van der Waals surface area contributed by atoms with Gasteiger partial charge in [-0.15, -0.1) is 0 Å². The highest BCUT2D eigenvalue weighted by Gasteiger charge is 2.21. The van der Waals surface area contributed by atoms with Crippen LogP contribution in [0.1, 0.15) is 21.7 Å². The van der Waals surface area contributed by atoms with Crippen LogP contribution in [0.25, 0.3) is 0 Å². The molecule has 0 unspecified atom stereocenters. The Bertz CT molecular complexity index is 978. The molecule has 0 bridgehead atoms. The molecule has 26 heavy (non-hydrogen) atoms. The molecular formula is C16H13Cl3FN5O. The molecule has 6 nitrogen and oxygen atoms in total. The Morgan fingerprint density at radius 1 is 1.23 bits per heavy atom. The number of benzene rings is 1. The Labute approximate surface area is 163 Å². The van der Waals surface area contributed by atoms with Crippen LogP contribution < -0.4 is 5.32 Å². The Balaban J connectivity index is 1.84. The molecule has 0 aliphatic carbocycles. The van der Waals surface area contributed by atoms with Crippen LogP contribution in [0.5, 0.6) is 0 Å². The van der Waals surface area contributed by atoms with Gasteiger partial charge in [0.1, 0.15) is 16.5 Å². The molecule has 1 amide bonds. The van der Waals surface area contributed by atoms with Gasteiger partial charge in [-0.1, -0.05) is 40.9 Å². The highest BCUT2D eigenvalue weighted by Crippen LogP contribution is 2.25. The minimum absolute atomic E-state index is 0.0622. The zero-order valence-electron chi connectivity index (χ0n) is 13.7. The van der Waals surface area contributed by atoms with E-state index in [1.165, 1.54) is 27.7 Å². The van der Waals surface area contributed by atoms with Crippen LogP contribution >= 0.6 is 34.8 Å². The number of aromatic nitrogens is 4. The van der Waals surface area contributed by atoms with Gasteiger partial charge in [-0.05, 0) is 19.1 Å². The van der Waals surface area contributed by atoms with Crippen molar-refractivity contribution in [2.45, 2.75) is 13.5 Å². The van der Waals surface area contributed by atoms with Gasteiger partial charge in [-0.2, -0.15) is 10.2 Å². The number of hydrogen-bond acceptors (Lipinski definition) is 3. The molecule has 0 aliphatic rings. The third-order valence-electron chi connectivity index (χ3n) is 3.70. The monoisotopic (exact) mass is 415 g/mol. The second-order valence-electron chi connectivity index (χ2n) is 5.55. The molecule has 3 aromatic rings. The molecular weight excluding hydrogens is 404 g/mol. The molecule has 0 saturated heterocycles. The van der Waals surface area contributed by atoms with Gasteiger partial charge in [-0.25, -0.2) is 4.39 Å². The van der Waals surface area contributed by atoms with Crippen molar-refractivity contribution in [2.75, 3.05) is 5.32 Å². The predicted molar refractivity (Wildman–Crippen MR) is 98.7 cm³/mol. The minimum atomic E-state index is -0.505. The van der Waals surface area contributed by atoms with Crippen LogP contribution in [0.3, 0.4) is 0 Å². The summed E-state index contributed by atoms with van der Waals surface area (Å²) in [6.07, 6.45) is 1.47. The van der Waals surface area contributed by atoms with Crippen LogP contribution in [0.2, 0.25) is 15.1 Å². The van der Waals surface area contributed by atoms with Gasteiger partial charge in [0, 0.05) is 23.8 Å². The van der Waals surface area contributed by atoms with E-state index in [0.717, 1.165) is 0 Å². The molecule has 2 heterocycles. The van der Waals surface area contributed by atoms with E-state index in [0.29, 0.717) is 5.69 Å². The fourth-order valence-electron chi connectivity index (χ4n) is 2.45. The maximum atomic E-state index is 13.9. The van der Waals surface area contributed by atoms with Crippen LogP contribution in [0.15, 0.2) is 24.4 Å². The van der Waals surface area contributed by atoms with Gasteiger partial charge in [-0.3, -0.25) is 14.2 Å². The quantitative estimate of drug-likeness (QED) is 0.689. The zero-order valence-corrected chi connectivity index (χ0v) is 16.0. The molecule has 3 rings (SSSR count). The first-order valence-corrected chi connectivity index (χ1v) is 8.57. The van der Waals surface area contributed by atoms with E-state index in [1.54, 1.807) is 20.0 Å². The minimum Gasteiger partial charge on any atom is -0.302 e. The van der Waals surface area contributed by atoms with Crippen molar-refractivity contribution in [1.82, 2.24) is 19.6 Å². The molecule has 0 spiro atoms. The van der Waals surface area contributed by atoms with Gasteiger partial charge in [0.25, 0.3) is 5.91 Å². The number of nitrogens with one attached hydrogen (secondary N) is 1. The summed E-state index contributed by atoms with van der Waals surface area (Å²) in [5.74, 6) is -0.833. The molecule has 0 fully saturated rings. The summed E-state index contributed by atoms with van der Waals surface area (Å²) >= 11 is 18.2. The fraction of sp³-hybridized carbons (Fsp3) is 0.188. The molecule has 0 aliphatic heterocycles. The lowest BCUT2D eigenvalue weighted by molar-refractivity contribution is 0.101. The smallest absolute Gasteiger partial charge is 0.276 e. The van der Waals surface area contributed by atoms with E-state index in [1.807, 2.05) is 0 Å². The Morgan fingerprint density at radius 2 is 1.96 bits per heavy atom. The topological polar surface area (TPSA) is 64.7 Å². The Hall–Kier alpha value is -2.09. The molecule has 136 valence electrons. The SMILES string of the molecule is Cc1nn(C)c(C(=O)Nc2nn(Cc3c(F)cccc3Cl)cc2Cl)c1Cl. The van der Waals surface area contributed by atoms with Gasteiger partial charge in [0.2, 0.25) is 0 Å². The van der Waals surface area contributed by atoms with Gasteiger partial charge >= 0.3 is 0 Å². The van der Waals surface area contributed by atoms with E-state index < -0.39 is 11.7 Å². The number of nitrogens with zero attached hydrogens (tertiary/aromatic N) is 4. The highest BCUT2D eigenvalue weighted by atomic mass is 35.5. The summed E-state index contributed by atoms with van der Waals surface area (Å²) in [6.45, 7) is 1.76. The van der Waals surface area contributed by atoms with E-state index in [2.05, 4.69) is 15.5 Å². The van der Waals surface area contributed by atoms with Crippen molar-refractivity contribution >= 4 is 46.5 Å². The van der Waals surface area contributed by atoms with E-state index in [-0.39, 0.29) is 38.7 Å². The summed E-state index contributed by atoms with van der Waals surface area (Å²) in [7, 11) is 1.61. The van der Waals surface area contributed by atoms with E-state index >= 15 is 0 Å². The van der Waals surface area contributed by atoms with Crippen molar-refractivity contribution in [3.63, 3.8) is 0 Å². The van der Waals surface area contributed by atoms with Crippen LogP contribution in [0, 0.1) is 12.7 Å². The van der Waals surface area contributed by atoms with Crippen molar-refractivity contribution < 1.29 is 9.18 Å². The molecule has 1 aromatic carbocycles. The highest BCUT2D eigenvalue weighted by molar-refractivity contribution is 6.36. The maximum absolute atomic E-state index is 13.9. The van der Waals surface area contributed by atoms with E-state index in [4.69, 9.17) is 34.8 Å². The van der Waals surface area contributed by atoms with E-state index in [9.17, 15) is 9.18 Å². The average molecular weight is 417 g/mol. The zero-order chi connectivity index (χ0) is 19.0. The summed E-state index contributed by atoms with van der Waals surface area (Å²) in [6, 6.07) is 4.41. The number of amides is 1. The van der Waals surface area contributed by atoms with Crippen LogP contribution in [-0.4, -0.2) is 25.5 Å². The molecule has 0 atom stereocenters. The normalized spacial score (nSPS) is 11.0. The number of carbonyl (C=O) groups excluding carboxylic acids is 1. The molecule has 1 N–H and O–H groups in total. The number of rotatable bonds is 4. The maximum Gasteiger partial charge on any atom is 0.276 e. The predicted octanol–water partition coefficient (Wildman–Crippen LogP) is 4.32. The molecule has 0 radical (unpaired) electrons. The largest absolute Gasteiger partial charge is 0.302 e. The summed E-state index contributed by atoms with van der Waals surface area (Å²) in [4.78, 5) is 12.5. The number of halogens is 4. The molecule has 0 saturated carbocycles. The lowest BCUT2D eigenvalue weighted by Gasteiger charge is -2.06. The Kier molecular flexibility index (Phi) is 5.22. The number of aryl methyl sites for hydroxylation is 2. The number of carbonyl (C=O) groups is 1. The number of anilines is 1. The fourth-order valence-corrected chi connectivity index (χ4v) is 3.12. The van der Waals surface area contributed by atoms with Gasteiger partial charge in [0.05, 0.1) is 17.3 Å². The third kappa shape index (κ3) is 3.56. The van der Waals surface area contributed by atoms with Crippen molar-refractivity contribution in [2.24, 2.45) is 7.05 Å². The van der Waals surface area contributed by atoms with Crippen LogP contribution in [-0.2, 0) is 13.6 Å². The molecule has 10 heteroatoms. The first-order valence-electron chi connectivity index (χ1n) is 7.44. The number of hydrogen-bond donors (Lipinski definition) is 1. The summed E-state index contributed by atoms with van der Waals surface area (Å²) < 4.78 is 16.7. The molecule has 2 aromatic heterocycles. The second kappa shape index (κ2) is 7.26. The average Bonchev–Trinajstić information content (AvgIpc) is 3.02. The van der Waals surface area contributed by atoms with Gasteiger partial charge in [0.15, 0.2) is 5.82 Å². The van der Waals surface area contributed by atoms with Gasteiger partial charge < -0.3 is 5.32 Å². The summed E-state index contributed by atoms with van der Waals surface area (Å²) in [5, 5.41) is 11.6. The van der Waals surface area contributed by atoms with Crippen molar-refractivity contribution in [3.05, 3.63) is 62.2 Å². The standard InChI is InChI=1S/C16H13Cl3FN5O/c1-8-13(19)14(24(2)22-8)16(26)21-15-11(18)7-25(23-15)6-9-10(17)4-3-5-12(9)20/h3-5,7H,6H2,1-2H3,(H,21,23,26). The van der Waals surface area contributed by atoms with Crippen molar-refractivity contribution in [1.29, 1.82) is 0 Å². The second-order valence-corrected chi connectivity index (χ2v) is 6.74. The first-order chi connectivity index (χ1) is 12.3. The first kappa shape index (κ1) is 18.7. The van der Waals surface area contributed by atoms with Crippen LogP contribution in [0.4, 0.5) is 10.2 Å². The van der Waals surface area contributed by atoms with Crippen molar-refractivity contribution in [3.8, 4) is 0 Å². The lowest BCUT2D eigenvalue weighted by atomic mass is 10.2.